The molecular formula is C30H31NO4. The van der Waals surface area contributed by atoms with Crippen LogP contribution in [0.15, 0.2) is 78.4 Å². The molecule has 3 aromatic carbocycles. The van der Waals surface area contributed by atoms with Gasteiger partial charge in [-0.1, -0.05) is 63.2 Å². The maximum absolute atomic E-state index is 13.4. The Bertz CT molecular complexity index is 1260. The number of carbonyl (C=O) groups is 2. The van der Waals surface area contributed by atoms with E-state index in [0.717, 1.165) is 28.9 Å². The number of hydrogen-bond acceptors (Lipinski definition) is 4. The number of aryl methyl sites for hydroxylation is 1. The highest BCUT2D eigenvalue weighted by atomic mass is 16.5. The highest BCUT2D eigenvalue weighted by molar-refractivity contribution is 6.51. The molecule has 0 saturated carbocycles. The van der Waals surface area contributed by atoms with Crippen LogP contribution in [0, 0.1) is 0 Å². The molecule has 0 spiro atoms. The number of amides is 1. The minimum absolute atomic E-state index is 0.0852. The first-order valence-corrected chi connectivity index (χ1v) is 12.1. The Morgan fingerprint density at radius 2 is 1.66 bits per heavy atom. The molecule has 1 N–H and O–H groups in total. The summed E-state index contributed by atoms with van der Waals surface area (Å²) in [5.74, 6) is -0.645. The van der Waals surface area contributed by atoms with Crippen LogP contribution < -0.4 is 9.64 Å². The summed E-state index contributed by atoms with van der Waals surface area (Å²) in [6.45, 7) is 8.62. The number of aliphatic hydroxyl groups is 1. The van der Waals surface area contributed by atoms with Gasteiger partial charge >= 0.3 is 0 Å². The topological polar surface area (TPSA) is 66.8 Å². The van der Waals surface area contributed by atoms with Crippen LogP contribution in [0.5, 0.6) is 5.75 Å². The summed E-state index contributed by atoms with van der Waals surface area (Å²) in [7, 11) is 0. The third-order valence-electron chi connectivity index (χ3n) is 6.39. The highest BCUT2D eigenvalue weighted by Crippen LogP contribution is 2.42. The quantitative estimate of drug-likeness (QED) is 0.247. The smallest absolute Gasteiger partial charge is 0.300 e. The van der Waals surface area contributed by atoms with Crippen molar-refractivity contribution in [1.29, 1.82) is 0 Å². The Morgan fingerprint density at radius 3 is 2.26 bits per heavy atom. The molecular weight excluding hydrogens is 438 g/mol. The summed E-state index contributed by atoms with van der Waals surface area (Å²) in [5, 5.41) is 11.5. The number of benzene rings is 3. The number of Topliss-reactive ketones (excluding diaryl/α,β-unsaturated/α-hetero) is 1. The monoisotopic (exact) mass is 469 g/mol. The summed E-state index contributed by atoms with van der Waals surface area (Å²) in [5.41, 5.74) is 4.02. The molecule has 0 aliphatic carbocycles. The van der Waals surface area contributed by atoms with Gasteiger partial charge in [0.2, 0.25) is 0 Å². The van der Waals surface area contributed by atoms with Gasteiger partial charge in [-0.25, -0.2) is 0 Å². The molecule has 35 heavy (non-hydrogen) atoms. The van der Waals surface area contributed by atoms with Crippen molar-refractivity contribution in [2.24, 2.45) is 0 Å². The SMILES string of the molecule is CCOc1ccc(/C(O)=C2/C(=O)C(=O)N(c3ccccc3)C2c2ccc(CC)cc2)cc1C(C)C. The first-order valence-electron chi connectivity index (χ1n) is 12.1. The molecule has 1 unspecified atom stereocenters. The van der Waals surface area contributed by atoms with Gasteiger partial charge in [0.1, 0.15) is 11.5 Å². The van der Waals surface area contributed by atoms with Crippen LogP contribution >= 0.6 is 0 Å². The molecule has 0 aromatic heterocycles. The van der Waals surface area contributed by atoms with Crippen LogP contribution in [-0.2, 0) is 16.0 Å². The predicted molar refractivity (Wildman–Crippen MR) is 139 cm³/mol. The van der Waals surface area contributed by atoms with Crippen molar-refractivity contribution in [1.82, 2.24) is 0 Å². The molecule has 1 heterocycles. The van der Waals surface area contributed by atoms with Crippen molar-refractivity contribution in [3.05, 3.63) is 101 Å². The molecule has 0 radical (unpaired) electrons. The minimum Gasteiger partial charge on any atom is -0.507 e. The van der Waals surface area contributed by atoms with Crippen LogP contribution in [0.25, 0.3) is 5.76 Å². The number of hydrogen-bond donors (Lipinski definition) is 1. The average Bonchev–Trinajstić information content (AvgIpc) is 3.14. The van der Waals surface area contributed by atoms with Gasteiger partial charge in [-0.15, -0.1) is 0 Å². The Labute approximate surface area is 206 Å². The van der Waals surface area contributed by atoms with Crippen molar-refractivity contribution in [3.63, 3.8) is 0 Å². The van der Waals surface area contributed by atoms with Gasteiger partial charge in [-0.05, 0) is 66.3 Å². The van der Waals surface area contributed by atoms with Gasteiger partial charge in [0.25, 0.3) is 11.7 Å². The summed E-state index contributed by atoms with van der Waals surface area (Å²) in [6.07, 6.45) is 0.878. The van der Waals surface area contributed by atoms with Crippen molar-refractivity contribution in [3.8, 4) is 5.75 Å². The first-order chi connectivity index (χ1) is 16.9. The number of para-hydroxylation sites is 1. The molecule has 0 bridgehead atoms. The lowest BCUT2D eigenvalue weighted by Crippen LogP contribution is -2.29. The van der Waals surface area contributed by atoms with E-state index < -0.39 is 17.7 Å². The van der Waals surface area contributed by atoms with Crippen LogP contribution in [0.1, 0.15) is 61.9 Å². The van der Waals surface area contributed by atoms with Crippen LogP contribution in [0.2, 0.25) is 0 Å². The summed E-state index contributed by atoms with van der Waals surface area (Å²) < 4.78 is 5.76. The van der Waals surface area contributed by atoms with Gasteiger partial charge in [0.15, 0.2) is 0 Å². The van der Waals surface area contributed by atoms with Crippen LogP contribution in [0.3, 0.4) is 0 Å². The van der Waals surface area contributed by atoms with E-state index in [1.807, 2.05) is 75.4 Å². The molecule has 5 nitrogen and oxygen atoms in total. The van der Waals surface area contributed by atoms with E-state index in [0.29, 0.717) is 17.9 Å². The molecule has 1 fully saturated rings. The zero-order valence-electron chi connectivity index (χ0n) is 20.6. The Balaban J connectivity index is 1.91. The lowest BCUT2D eigenvalue weighted by Gasteiger charge is -2.25. The van der Waals surface area contributed by atoms with E-state index in [9.17, 15) is 14.7 Å². The third-order valence-corrected chi connectivity index (χ3v) is 6.39. The van der Waals surface area contributed by atoms with Gasteiger partial charge in [0.05, 0.1) is 18.2 Å². The number of ether oxygens (including phenoxy) is 1. The van der Waals surface area contributed by atoms with Crippen molar-refractivity contribution in [2.45, 2.75) is 46.1 Å². The van der Waals surface area contributed by atoms with Gasteiger partial charge in [-0.3, -0.25) is 14.5 Å². The van der Waals surface area contributed by atoms with E-state index in [-0.39, 0.29) is 17.3 Å². The van der Waals surface area contributed by atoms with Gasteiger partial charge < -0.3 is 9.84 Å². The first kappa shape index (κ1) is 24.3. The fourth-order valence-corrected chi connectivity index (χ4v) is 4.53. The van der Waals surface area contributed by atoms with Crippen LogP contribution in [0.4, 0.5) is 5.69 Å². The van der Waals surface area contributed by atoms with Crippen molar-refractivity contribution in [2.75, 3.05) is 11.5 Å². The van der Waals surface area contributed by atoms with Crippen LogP contribution in [-0.4, -0.2) is 23.4 Å². The van der Waals surface area contributed by atoms with Gasteiger partial charge in [0, 0.05) is 11.3 Å². The fraction of sp³-hybridized carbons (Fsp3) is 0.267. The predicted octanol–water partition coefficient (Wildman–Crippen LogP) is 6.40. The lowest BCUT2D eigenvalue weighted by molar-refractivity contribution is -0.132. The number of carbonyl (C=O) groups excluding carboxylic acids is 2. The molecule has 1 aliphatic rings. The van der Waals surface area contributed by atoms with Crippen molar-refractivity contribution >= 4 is 23.1 Å². The van der Waals surface area contributed by atoms with Gasteiger partial charge in [-0.2, -0.15) is 0 Å². The number of aliphatic hydroxyl groups excluding tert-OH is 1. The van der Waals surface area contributed by atoms with E-state index in [2.05, 4.69) is 6.92 Å². The lowest BCUT2D eigenvalue weighted by atomic mass is 9.92. The standard InChI is InChI=1S/C30H31NO4/c1-5-20-12-14-21(15-13-20)27-26(29(33)30(34)31(27)23-10-8-7-9-11-23)28(32)22-16-17-25(35-6-2)24(18-22)19(3)4/h7-19,27,32H,5-6H2,1-4H3/b28-26-. The number of ketones is 1. The molecule has 5 heteroatoms. The Kier molecular flexibility index (Phi) is 7.06. The Hall–Kier alpha value is -3.86. The molecule has 1 atom stereocenters. The number of anilines is 1. The molecule has 1 amide bonds. The zero-order valence-corrected chi connectivity index (χ0v) is 20.6. The third kappa shape index (κ3) is 4.59. The second kappa shape index (κ2) is 10.2. The normalized spacial score (nSPS) is 17.3. The average molecular weight is 470 g/mol. The summed E-state index contributed by atoms with van der Waals surface area (Å²) >= 11 is 0. The molecule has 3 aromatic rings. The zero-order chi connectivity index (χ0) is 25.1. The van der Waals surface area contributed by atoms with E-state index in [4.69, 9.17) is 4.74 Å². The number of rotatable bonds is 7. The van der Waals surface area contributed by atoms with E-state index in [1.165, 1.54) is 4.90 Å². The minimum atomic E-state index is -0.739. The summed E-state index contributed by atoms with van der Waals surface area (Å²) in [4.78, 5) is 28.1. The second-order valence-corrected chi connectivity index (χ2v) is 8.94. The molecule has 1 saturated heterocycles. The molecule has 4 rings (SSSR count). The van der Waals surface area contributed by atoms with E-state index >= 15 is 0 Å². The molecule has 180 valence electrons. The maximum Gasteiger partial charge on any atom is 0.300 e. The van der Waals surface area contributed by atoms with E-state index in [1.54, 1.807) is 18.2 Å². The number of nitrogens with zero attached hydrogens (tertiary/aromatic N) is 1. The van der Waals surface area contributed by atoms with Crippen molar-refractivity contribution < 1.29 is 19.4 Å². The summed E-state index contributed by atoms with van der Waals surface area (Å²) in [6, 6.07) is 21.6. The Morgan fingerprint density at radius 1 is 0.971 bits per heavy atom. The fourth-order valence-electron chi connectivity index (χ4n) is 4.53. The largest absolute Gasteiger partial charge is 0.507 e. The maximum atomic E-state index is 13.4. The molecule has 1 aliphatic heterocycles. The second-order valence-electron chi connectivity index (χ2n) is 8.94. The highest BCUT2D eigenvalue weighted by Gasteiger charge is 2.46.